The topological polar surface area (TPSA) is 112 Å². The molecule has 0 spiro atoms. The van der Waals surface area contributed by atoms with Crippen LogP contribution in [0.4, 0.5) is 5.69 Å². The summed E-state index contributed by atoms with van der Waals surface area (Å²) in [4.78, 5) is 0. The number of hydrogen-bond acceptors (Lipinski definition) is 7. The van der Waals surface area contributed by atoms with Gasteiger partial charge in [0, 0.05) is 12.6 Å². The fourth-order valence-electron chi connectivity index (χ4n) is 4.19. The normalized spacial score (nSPS) is 16.5. The molecule has 2 aromatic carbocycles. The van der Waals surface area contributed by atoms with Crippen molar-refractivity contribution in [1.82, 2.24) is 10.2 Å². The van der Waals surface area contributed by atoms with E-state index in [1.807, 2.05) is 49.4 Å². The first kappa shape index (κ1) is 24.4. The maximum atomic E-state index is 12.2. The predicted octanol–water partition coefficient (Wildman–Crippen LogP) is 4.01. The molecule has 1 aliphatic carbocycles. The highest BCUT2D eigenvalue weighted by Crippen LogP contribution is 2.31. The second-order valence-corrected chi connectivity index (χ2v) is 11.3. The Labute approximate surface area is 201 Å². The summed E-state index contributed by atoms with van der Waals surface area (Å²) in [5, 5.41) is 8.45. The molecule has 0 aliphatic heterocycles. The van der Waals surface area contributed by atoms with Crippen LogP contribution in [-0.4, -0.2) is 38.0 Å². The average Bonchev–Trinajstić information content (AvgIpc) is 3.49. The van der Waals surface area contributed by atoms with E-state index in [2.05, 4.69) is 10.2 Å². The molecule has 182 valence electrons. The molecule has 1 saturated carbocycles. The minimum atomic E-state index is -3.45. The van der Waals surface area contributed by atoms with Gasteiger partial charge in [-0.15, -0.1) is 10.2 Å². The van der Waals surface area contributed by atoms with Gasteiger partial charge < -0.3 is 14.9 Å². The van der Waals surface area contributed by atoms with Crippen molar-refractivity contribution in [3.8, 4) is 11.5 Å². The molecule has 0 unspecified atom stereocenters. The Morgan fingerprint density at radius 1 is 1.12 bits per heavy atom. The van der Waals surface area contributed by atoms with Crippen LogP contribution in [0.2, 0.25) is 0 Å². The number of hydrogen-bond donors (Lipinski definition) is 1. The number of nitrogens with two attached hydrogens (primary N) is 1. The van der Waals surface area contributed by atoms with E-state index in [-0.39, 0.29) is 12.0 Å². The molecule has 4 rings (SSSR count). The molecule has 1 heterocycles. The summed E-state index contributed by atoms with van der Waals surface area (Å²) in [6, 6.07) is 15.3. The van der Waals surface area contributed by atoms with Crippen LogP contribution in [0.3, 0.4) is 0 Å². The summed E-state index contributed by atoms with van der Waals surface area (Å²) in [5.74, 6) is 0.600. The van der Waals surface area contributed by atoms with Crippen LogP contribution in [0.1, 0.15) is 49.6 Å². The third-order valence-corrected chi connectivity index (χ3v) is 7.41. The molecule has 0 radical (unpaired) electrons. The van der Waals surface area contributed by atoms with Crippen molar-refractivity contribution in [1.29, 1.82) is 0 Å². The molecule has 1 fully saturated rings. The fourth-order valence-corrected chi connectivity index (χ4v) is 4.68. The van der Waals surface area contributed by atoms with Gasteiger partial charge in [0.1, 0.15) is 0 Å². The molecular formula is C25H32N4O4S. The molecule has 1 aliphatic rings. The summed E-state index contributed by atoms with van der Waals surface area (Å²) in [6.45, 7) is 2.23. The Hall–Kier alpha value is -2.75. The highest BCUT2D eigenvalue weighted by molar-refractivity contribution is 7.92. The van der Waals surface area contributed by atoms with Gasteiger partial charge in [-0.05, 0) is 55.5 Å². The Kier molecular flexibility index (Phi) is 7.06. The van der Waals surface area contributed by atoms with Gasteiger partial charge in [-0.1, -0.05) is 43.2 Å². The standard InChI is InChI=1S/C25H32N4O4S/c1-25(26,16-18-9-5-4-6-10-18)24-28-27-23(33-24)20-13-19(17-32-22-11-7-8-12-22)14-21(15-20)29(2)34(3,30)31/h4-6,9-10,13-15,22H,7-8,11-12,16-17,26H2,1-3H3/t25-/m1/s1. The smallest absolute Gasteiger partial charge is 0.247 e. The first-order valence-corrected chi connectivity index (χ1v) is 13.3. The predicted molar refractivity (Wildman–Crippen MR) is 132 cm³/mol. The summed E-state index contributed by atoms with van der Waals surface area (Å²) in [5.41, 5.74) is 8.71. The Morgan fingerprint density at radius 3 is 2.50 bits per heavy atom. The molecule has 8 nitrogen and oxygen atoms in total. The number of nitrogens with zero attached hydrogens (tertiary/aromatic N) is 3. The highest BCUT2D eigenvalue weighted by Gasteiger charge is 2.29. The van der Waals surface area contributed by atoms with Gasteiger partial charge in [-0.3, -0.25) is 4.31 Å². The van der Waals surface area contributed by atoms with Crippen LogP contribution in [0.15, 0.2) is 52.9 Å². The quantitative estimate of drug-likeness (QED) is 0.488. The van der Waals surface area contributed by atoms with Crippen molar-refractivity contribution in [2.45, 2.75) is 57.3 Å². The lowest BCUT2D eigenvalue weighted by atomic mass is 9.94. The van der Waals surface area contributed by atoms with Crippen LogP contribution in [0, 0.1) is 0 Å². The zero-order chi connectivity index (χ0) is 24.3. The Morgan fingerprint density at radius 2 is 1.82 bits per heavy atom. The summed E-state index contributed by atoms with van der Waals surface area (Å²) in [6.07, 6.45) is 6.41. The Bertz CT molecular complexity index is 1220. The Balaban J connectivity index is 1.63. The molecule has 3 aromatic rings. The minimum Gasteiger partial charge on any atom is -0.419 e. The van der Waals surface area contributed by atoms with Crippen molar-refractivity contribution >= 4 is 15.7 Å². The molecule has 0 saturated heterocycles. The first-order chi connectivity index (χ1) is 16.1. The van der Waals surface area contributed by atoms with Crippen LogP contribution in [0.5, 0.6) is 0 Å². The monoisotopic (exact) mass is 484 g/mol. The fraction of sp³-hybridized carbons (Fsp3) is 0.440. The van der Waals surface area contributed by atoms with E-state index >= 15 is 0 Å². The molecule has 34 heavy (non-hydrogen) atoms. The van der Waals surface area contributed by atoms with Gasteiger partial charge in [0.25, 0.3) is 0 Å². The number of ether oxygens (including phenoxy) is 1. The van der Waals surface area contributed by atoms with Crippen LogP contribution < -0.4 is 10.0 Å². The van der Waals surface area contributed by atoms with Crippen molar-refractivity contribution in [3.63, 3.8) is 0 Å². The lowest BCUT2D eigenvalue weighted by Gasteiger charge is -2.20. The summed E-state index contributed by atoms with van der Waals surface area (Å²) < 4.78 is 37.7. The number of anilines is 1. The van der Waals surface area contributed by atoms with Crippen molar-refractivity contribution in [2.75, 3.05) is 17.6 Å². The maximum absolute atomic E-state index is 12.2. The molecular weight excluding hydrogens is 452 g/mol. The van der Waals surface area contributed by atoms with Crippen molar-refractivity contribution in [2.24, 2.45) is 5.73 Å². The molecule has 0 amide bonds. The van der Waals surface area contributed by atoms with Crippen LogP contribution in [-0.2, 0) is 33.3 Å². The number of rotatable bonds is 9. The minimum absolute atomic E-state index is 0.241. The molecule has 0 bridgehead atoms. The van der Waals surface area contributed by atoms with Gasteiger partial charge in [-0.2, -0.15) is 0 Å². The first-order valence-electron chi connectivity index (χ1n) is 11.5. The van der Waals surface area contributed by atoms with Crippen LogP contribution >= 0.6 is 0 Å². The summed E-state index contributed by atoms with van der Waals surface area (Å²) in [7, 11) is -1.93. The molecule has 1 atom stereocenters. The second-order valence-electron chi connectivity index (χ2n) is 9.33. The zero-order valence-corrected chi connectivity index (χ0v) is 20.7. The third kappa shape index (κ3) is 5.84. The van der Waals surface area contributed by atoms with Crippen molar-refractivity contribution < 1.29 is 17.6 Å². The third-order valence-electron chi connectivity index (χ3n) is 6.20. The van der Waals surface area contributed by atoms with Gasteiger partial charge in [0.2, 0.25) is 21.8 Å². The van der Waals surface area contributed by atoms with E-state index in [9.17, 15) is 8.42 Å². The summed E-state index contributed by atoms with van der Waals surface area (Å²) >= 11 is 0. The van der Waals surface area contributed by atoms with Gasteiger partial charge in [0.15, 0.2) is 0 Å². The van der Waals surface area contributed by atoms with Gasteiger partial charge >= 0.3 is 0 Å². The molecule has 2 N–H and O–H groups in total. The van der Waals surface area contributed by atoms with Gasteiger partial charge in [-0.25, -0.2) is 8.42 Å². The van der Waals surface area contributed by atoms with Crippen LogP contribution in [0.25, 0.3) is 11.5 Å². The molecule has 9 heteroatoms. The van der Waals surface area contributed by atoms with E-state index in [1.54, 1.807) is 6.07 Å². The van der Waals surface area contributed by atoms with Gasteiger partial charge in [0.05, 0.1) is 30.2 Å². The van der Waals surface area contributed by atoms with E-state index in [4.69, 9.17) is 14.9 Å². The second kappa shape index (κ2) is 9.85. The number of benzene rings is 2. The van der Waals surface area contributed by atoms with E-state index in [0.29, 0.717) is 30.2 Å². The van der Waals surface area contributed by atoms with Crippen molar-refractivity contribution in [3.05, 3.63) is 65.5 Å². The maximum Gasteiger partial charge on any atom is 0.247 e. The lowest BCUT2D eigenvalue weighted by molar-refractivity contribution is 0.0457. The van der Waals surface area contributed by atoms with E-state index in [1.165, 1.54) is 30.5 Å². The largest absolute Gasteiger partial charge is 0.419 e. The number of sulfonamides is 1. The van der Waals surface area contributed by atoms with E-state index in [0.717, 1.165) is 24.0 Å². The lowest BCUT2D eigenvalue weighted by Crippen LogP contribution is -2.35. The van der Waals surface area contributed by atoms with E-state index < -0.39 is 15.6 Å². The number of aromatic nitrogens is 2. The molecule has 1 aromatic heterocycles. The zero-order valence-electron chi connectivity index (χ0n) is 19.9. The average molecular weight is 485 g/mol. The highest BCUT2D eigenvalue weighted by atomic mass is 32.2. The SMILES string of the molecule is CN(c1cc(COC2CCCC2)cc(-c2nnc([C@](C)(N)Cc3ccccc3)o2)c1)S(C)(=O)=O.